The molecule has 17 heteroatoms. The highest BCUT2D eigenvalue weighted by Gasteiger charge is 2.29. The van der Waals surface area contributed by atoms with Crippen molar-refractivity contribution in [2.24, 2.45) is 0 Å². The van der Waals surface area contributed by atoms with Crippen LogP contribution in [0.4, 0.5) is 10.5 Å². The predicted octanol–water partition coefficient (Wildman–Crippen LogP) is 4.73. The van der Waals surface area contributed by atoms with Gasteiger partial charge < -0.3 is 76.9 Å². The minimum Gasteiger partial charge on any atom is -0.491 e. The summed E-state index contributed by atoms with van der Waals surface area (Å²) in [5, 5.41) is 0. The van der Waals surface area contributed by atoms with E-state index in [1.807, 2.05) is 36.4 Å². The highest BCUT2D eigenvalue weighted by Crippen LogP contribution is 2.44. The average Bonchev–Trinajstić information content (AvgIpc) is 3.65. The Kier molecular flexibility index (Phi) is 29.9. The van der Waals surface area contributed by atoms with Crippen molar-refractivity contribution < 1.29 is 71.1 Å². The van der Waals surface area contributed by atoms with Crippen molar-refractivity contribution in [2.75, 3.05) is 191 Å². The number of hydrogen-bond acceptors (Lipinski definition) is 16. The number of amides is 1. The third kappa shape index (κ3) is 24.4. The van der Waals surface area contributed by atoms with Crippen LogP contribution in [0.5, 0.6) is 5.75 Å². The van der Waals surface area contributed by atoms with Crippen LogP contribution in [0.2, 0.25) is 0 Å². The van der Waals surface area contributed by atoms with Crippen molar-refractivity contribution in [3.05, 3.63) is 83.9 Å². The molecule has 17 nitrogen and oxygen atoms in total. The van der Waals surface area contributed by atoms with Gasteiger partial charge >= 0.3 is 6.09 Å². The number of nitrogen functional groups attached to an aromatic ring is 1. The number of ether oxygens (including phenoxy) is 14. The average molecular weight is 917 g/mol. The first kappa shape index (κ1) is 53.7. The Morgan fingerprint density at radius 2 is 0.738 bits per heavy atom. The topological polar surface area (TPSA) is 176 Å². The van der Waals surface area contributed by atoms with Crippen molar-refractivity contribution >= 4 is 11.8 Å². The Morgan fingerprint density at radius 3 is 1.09 bits per heavy atom. The molecule has 1 amide bonds. The van der Waals surface area contributed by atoms with E-state index in [4.69, 9.17) is 72.0 Å². The zero-order valence-electron chi connectivity index (χ0n) is 38.2. The molecule has 0 bridgehead atoms. The van der Waals surface area contributed by atoms with Gasteiger partial charge in [0, 0.05) is 25.2 Å². The van der Waals surface area contributed by atoms with Gasteiger partial charge in [-0.3, -0.25) is 0 Å². The summed E-state index contributed by atoms with van der Waals surface area (Å²) in [6.07, 6.45) is -0.367. The Balaban J connectivity index is 0.764. The first-order valence-corrected chi connectivity index (χ1v) is 22.6. The zero-order valence-corrected chi connectivity index (χ0v) is 38.2. The molecule has 0 atom stereocenters. The molecule has 3 aromatic carbocycles. The number of nitrogens with zero attached hydrogens (tertiary/aromatic N) is 1. The summed E-state index contributed by atoms with van der Waals surface area (Å²) in [6, 6.07) is 23.8. The van der Waals surface area contributed by atoms with Crippen LogP contribution in [-0.4, -0.2) is 196 Å². The van der Waals surface area contributed by atoms with E-state index in [2.05, 4.69) is 24.3 Å². The van der Waals surface area contributed by atoms with Crippen LogP contribution in [0.15, 0.2) is 72.8 Å². The summed E-state index contributed by atoms with van der Waals surface area (Å²) in [7, 11) is 1.71. The fraction of sp³-hybridized carbons (Fsp3) is 0.604. The smallest absolute Gasteiger partial charge is 0.409 e. The van der Waals surface area contributed by atoms with Gasteiger partial charge in [-0.05, 0) is 46.5 Å². The van der Waals surface area contributed by atoms with Gasteiger partial charge in [0.25, 0.3) is 0 Å². The molecule has 2 N–H and O–H groups in total. The van der Waals surface area contributed by atoms with Gasteiger partial charge in [-0.2, -0.15) is 0 Å². The highest BCUT2D eigenvalue weighted by molar-refractivity contribution is 5.79. The van der Waals surface area contributed by atoms with Crippen LogP contribution in [0.3, 0.4) is 0 Å². The monoisotopic (exact) mass is 916 g/mol. The van der Waals surface area contributed by atoms with E-state index in [0.717, 1.165) is 5.75 Å². The van der Waals surface area contributed by atoms with Crippen LogP contribution in [0.25, 0.3) is 11.1 Å². The van der Waals surface area contributed by atoms with Crippen LogP contribution < -0.4 is 10.5 Å². The Bertz CT molecular complexity index is 1580. The normalized spacial score (nSPS) is 12.1. The second-order valence-corrected chi connectivity index (χ2v) is 14.5. The lowest BCUT2D eigenvalue weighted by Crippen LogP contribution is -2.32. The number of carbonyl (C=O) groups excluding carboxylic acids is 1. The van der Waals surface area contributed by atoms with Crippen LogP contribution in [0.1, 0.15) is 17.0 Å². The minimum absolute atomic E-state index is 0.0340. The second kappa shape index (κ2) is 36.2. The number of benzene rings is 3. The van der Waals surface area contributed by atoms with Crippen molar-refractivity contribution in [2.45, 2.75) is 5.92 Å². The standard InChI is InChI=1S/C48H72N2O15/c1-50(48(51)65-40-47-45-8-4-2-6-43(45)44-7-3-5-9-46(44)47)14-15-52-16-17-53-18-19-54-20-21-55-22-23-56-24-25-57-26-27-58-28-29-59-30-31-60-32-33-61-34-35-62-36-37-63-38-39-64-42-12-10-41(49)11-13-42/h2-13,47H,14-40,49H2,1H3. The number of anilines is 1. The second-order valence-electron chi connectivity index (χ2n) is 14.5. The molecule has 0 saturated carbocycles. The highest BCUT2D eigenvalue weighted by atomic mass is 16.6. The number of nitrogens with two attached hydrogens (primary N) is 1. The molecule has 0 aliphatic heterocycles. The molecule has 0 aromatic heterocycles. The zero-order chi connectivity index (χ0) is 45.7. The lowest BCUT2D eigenvalue weighted by atomic mass is 9.98. The fourth-order valence-corrected chi connectivity index (χ4v) is 6.30. The summed E-state index contributed by atoms with van der Waals surface area (Å²) in [5.74, 6) is 0.801. The maximum atomic E-state index is 12.6. The van der Waals surface area contributed by atoms with E-state index >= 15 is 0 Å². The quantitative estimate of drug-likeness (QED) is 0.0610. The van der Waals surface area contributed by atoms with Gasteiger partial charge in [-0.15, -0.1) is 0 Å². The predicted molar refractivity (Wildman–Crippen MR) is 244 cm³/mol. The lowest BCUT2D eigenvalue weighted by molar-refractivity contribution is -0.0286. The van der Waals surface area contributed by atoms with E-state index in [1.54, 1.807) is 19.2 Å². The third-order valence-corrected chi connectivity index (χ3v) is 9.69. The molecule has 0 fully saturated rings. The van der Waals surface area contributed by atoms with Crippen LogP contribution in [0, 0.1) is 0 Å². The number of likely N-dealkylation sites (N-methyl/N-ethyl adjacent to an activating group) is 1. The molecule has 0 radical (unpaired) electrons. The van der Waals surface area contributed by atoms with Gasteiger partial charge in [0.1, 0.15) is 19.0 Å². The summed E-state index contributed by atoms with van der Waals surface area (Å²) in [6.45, 7) is 12.6. The molecule has 364 valence electrons. The Hall–Kier alpha value is -3.95. The van der Waals surface area contributed by atoms with Crippen molar-refractivity contribution in [3.63, 3.8) is 0 Å². The maximum absolute atomic E-state index is 12.6. The molecule has 0 saturated heterocycles. The molecule has 4 rings (SSSR count). The van der Waals surface area contributed by atoms with E-state index in [9.17, 15) is 4.79 Å². The van der Waals surface area contributed by atoms with Gasteiger partial charge in [-0.1, -0.05) is 48.5 Å². The molecule has 0 spiro atoms. The number of carbonyl (C=O) groups is 1. The van der Waals surface area contributed by atoms with Crippen molar-refractivity contribution in [3.8, 4) is 16.9 Å². The number of rotatable bonds is 42. The molecule has 1 aliphatic rings. The SMILES string of the molecule is CN(CCOCCOCCOCCOCCOCCOCCOCCOCCOCCOCCOCCOCCOc1ccc(N)cc1)C(=O)OCC1c2ccccc2-c2ccccc21. The minimum atomic E-state index is -0.367. The Morgan fingerprint density at radius 1 is 0.431 bits per heavy atom. The third-order valence-electron chi connectivity index (χ3n) is 9.69. The maximum Gasteiger partial charge on any atom is 0.409 e. The molecule has 3 aromatic rings. The van der Waals surface area contributed by atoms with Crippen molar-refractivity contribution in [1.29, 1.82) is 0 Å². The summed E-state index contributed by atoms with van der Waals surface area (Å²) < 4.78 is 77.6. The summed E-state index contributed by atoms with van der Waals surface area (Å²) in [5.41, 5.74) is 11.1. The first-order valence-electron chi connectivity index (χ1n) is 22.6. The molecule has 65 heavy (non-hydrogen) atoms. The molecule has 0 heterocycles. The van der Waals surface area contributed by atoms with E-state index in [0.29, 0.717) is 184 Å². The molecule has 1 aliphatic carbocycles. The van der Waals surface area contributed by atoms with E-state index < -0.39 is 0 Å². The van der Waals surface area contributed by atoms with E-state index in [-0.39, 0.29) is 12.0 Å². The molecular formula is C48H72N2O15. The summed E-state index contributed by atoms with van der Waals surface area (Å²) in [4.78, 5) is 14.2. The van der Waals surface area contributed by atoms with E-state index in [1.165, 1.54) is 27.2 Å². The first-order chi connectivity index (χ1) is 32.1. The van der Waals surface area contributed by atoms with Gasteiger partial charge in [0.2, 0.25) is 0 Å². The largest absolute Gasteiger partial charge is 0.491 e. The fourth-order valence-electron chi connectivity index (χ4n) is 6.30. The molecule has 0 unspecified atom stereocenters. The summed E-state index contributed by atoms with van der Waals surface area (Å²) >= 11 is 0. The van der Waals surface area contributed by atoms with Gasteiger partial charge in [0.05, 0.1) is 159 Å². The van der Waals surface area contributed by atoms with Crippen LogP contribution in [-0.2, 0) is 61.6 Å². The van der Waals surface area contributed by atoms with Crippen molar-refractivity contribution in [1.82, 2.24) is 4.90 Å². The van der Waals surface area contributed by atoms with Crippen LogP contribution >= 0.6 is 0 Å². The lowest BCUT2D eigenvalue weighted by Gasteiger charge is -2.19. The number of hydrogen-bond donors (Lipinski definition) is 1. The molecular weight excluding hydrogens is 845 g/mol. The Labute approximate surface area is 384 Å². The van der Waals surface area contributed by atoms with Gasteiger partial charge in [-0.25, -0.2) is 4.79 Å². The van der Waals surface area contributed by atoms with Gasteiger partial charge in [0.15, 0.2) is 0 Å². The number of fused-ring (bicyclic) bond motifs is 3.